The van der Waals surface area contributed by atoms with Gasteiger partial charge in [0.1, 0.15) is 11.5 Å². The third-order valence-electron chi connectivity index (χ3n) is 4.81. The monoisotopic (exact) mass is 362 g/mol. The van der Waals surface area contributed by atoms with Gasteiger partial charge in [0.15, 0.2) is 0 Å². The van der Waals surface area contributed by atoms with Crippen LogP contribution in [0.3, 0.4) is 0 Å². The number of rotatable bonds is 5. The molecule has 0 saturated carbocycles. The summed E-state index contributed by atoms with van der Waals surface area (Å²) >= 11 is 0. The number of sulfonamides is 1. The van der Waals surface area contributed by atoms with Crippen LogP contribution in [0.15, 0.2) is 39.8 Å². The highest BCUT2D eigenvalue weighted by Crippen LogP contribution is 2.37. The number of hydrogen-bond acceptors (Lipinski definition) is 4. The molecular formula is C19H26N2O3S. The zero-order chi connectivity index (χ0) is 18.2. The Kier molecular flexibility index (Phi) is 5.02. The van der Waals surface area contributed by atoms with Crippen LogP contribution in [0.4, 0.5) is 0 Å². The van der Waals surface area contributed by atoms with Crippen molar-refractivity contribution in [1.82, 2.24) is 9.46 Å². The van der Waals surface area contributed by atoms with E-state index in [2.05, 4.69) is 19.0 Å². The highest BCUT2D eigenvalue weighted by Gasteiger charge is 2.38. The highest BCUT2D eigenvalue weighted by molar-refractivity contribution is 7.89. The third kappa shape index (κ3) is 3.51. The van der Waals surface area contributed by atoms with Gasteiger partial charge in [0.05, 0.1) is 10.9 Å². The average molecular weight is 362 g/mol. The lowest BCUT2D eigenvalue weighted by molar-refractivity contribution is 0.338. The van der Waals surface area contributed by atoms with E-state index < -0.39 is 10.0 Å². The number of benzene rings is 1. The maximum Gasteiger partial charge on any atom is 0.243 e. The Balaban J connectivity index is 1.89. The first kappa shape index (κ1) is 18.1. The quantitative estimate of drug-likeness (QED) is 0.788. The van der Waals surface area contributed by atoms with E-state index >= 15 is 0 Å². The van der Waals surface area contributed by atoms with E-state index in [0.29, 0.717) is 23.1 Å². The Morgan fingerprint density at radius 3 is 2.36 bits per heavy atom. The lowest BCUT2D eigenvalue weighted by Crippen LogP contribution is -2.30. The Hall–Kier alpha value is -1.66. The van der Waals surface area contributed by atoms with Crippen molar-refractivity contribution >= 4 is 10.0 Å². The molecule has 0 aliphatic carbocycles. The van der Waals surface area contributed by atoms with E-state index in [1.54, 1.807) is 16.4 Å². The second-order valence-electron chi connectivity index (χ2n) is 7.31. The fraction of sp³-hybridized carbons (Fsp3) is 0.526. The largest absolute Gasteiger partial charge is 0.361 e. The molecule has 0 spiro atoms. The van der Waals surface area contributed by atoms with Gasteiger partial charge in [0.25, 0.3) is 0 Å². The zero-order valence-corrected chi connectivity index (χ0v) is 16.1. The predicted octanol–water partition coefficient (Wildman–Crippen LogP) is 4.45. The van der Waals surface area contributed by atoms with Crippen LogP contribution >= 0.6 is 0 Å². The summed E-state index contributed by atoms with van der Waals surface area (Å²) in [5.74, 6) is 1.40. The molecule has 1 atom stereocenters. The lowest BCUT2D eigenvalue weighted by Gasteiger charge is -2.22. The van der Waals surface area contributed by atoms with Gasteiger partial charge >= 0.3 is 0 Å². The zero-order valence-electron chi connectivity index (χ0n) is 15.3. The number of hydrogen-bond donors (Lipinski definition) is 0. The summed E-state index contributed by atoms with van der Waals surface area (Å²) in [5.41, 5.74) is 1.85. The molecule has 136 valence electrons. The first-order valence-corrected chi connectivity index (χ1v) is 10.3. The molecule has 5 nitrogen and oxygen atoms in total. The minimum Gasteiger partial charge on any atom is -0.361 e. The van der Waals surface area contributed by atoms with Crippen LogP contribution in [0.1, 0.15) is 75.4 Å². The molecule has 0 amide bonds. The molecule has 2 heterocycles. The van der Waals surface area contributed by atoms with Crippen LogP contribution in [0.2, 0.25) is 0 Å². The van der Waals surface area contributed by atoms with Crippen molar-refractivity contribution in [2.24, 2.45) is 0 Å². The van der Waals surface area contributed by atoms with E-state index in [4.69, 9.17) is 4.52 Å². The molecule has 1 aliphatic rings. The van der Waals surface area contributed by atoms with Gasteiger partial charge in [0.2, 0.25) is 10.0 Å². The van der Waals surface area contributed by atoms with Gasteiger partial charge in [-0.2, -0.15) is 4.31 Å². The molecule has 25 heavy (non-hydrogen) atoms. The van der Waals surface area contributed by atoms with E-state index in [0.717, 1.165) is 24.2 Å². The summed E-state index contributed by atoms with van der Waals surface area (Å²) in [5, 5.41) is 4.13. The topological polar surface area (TPSA) is 63.4 Å². The van der Waals surface area contributed by atoms with E-state index in [9.17, 15) is 8.42 Å². The van der Waals surface area contributed by atoms with Gasteiger partial charge in [0, 0.05) is 18.5 Å². The Bertz CT molecular complexity index is 823. The summed E-state index contributed by atoms with van der Waals surface area (Å²) in [6, 6.07) is 8.87. The smallest absolute Gasteiger partial charge is 0.243 e. The van der Waals surface area contributed by atoms with Crippen molar-refractivity contribution in [1.29, 1.82) is 0 Å². The molecule has 1 aromatic heterocycles. The van der Waals surface area contributed by atoms with Crippen molar-refractivity contribution < 1.29 is 12.9 Å². The summed E-state index contributed by atoms with van der Waals surface area (Å²) in [4.78, 5) is 0.344. The van der Waals surface area contributed by atoms with Crippen molar-refractivity contribution in [2.75, 3.05) is 6.54 Å². The van der Waals surface area contributed by atoms with Crippen LogP contribution in [0.5, 0.6) is 0 Å². The SMILES string of the molecule is CC(C)c1ccc(S(=O)(=O)N2CCC[C@H]2c2cc(C(C)C)on2)cc1. The van der Waals surface area contributed by atoms with Crippen molar-refractivity contribution in [2.45, 2.75) is 63.3 Å². The molecule has 2 aromatic rings. The second-order valence-corrected chi connectivity index (χ2v) is 9.20. The van der Waals surface area contributed by atoms with E-state index in [1.807, 2.05) is 32.0 Å². The number of aromatic nitrogens is 1. The van der Waals surface area contributed by atoms with Crippen molar-refractivity contribution in [3.05, 3.63) is 47.3 Å². The van der Waals surface area contributed by atoms with E-state index in [1.165, 1.54) is 0 Å². The molecule has 0 unspecified atom stereocenters. The van der Waals surface area contributed by atoms with E-state index in [-0.39, 0.29) is 12.0 Å². The summed E-state index contributed by atoms with van der Waals surface area (Å²) < 4.78 is 33.2. The summed E-state index contributed by atoms with van der Waals surface area (Å²) in [6.45, 7) is 8.77. The maximum atomic E-state index is 13.1. The van der Waals surface area contributed by atoms with Gasteiger partial charge in [-0.15, -0.1) is 0 Å². The molecule has 1 saturated heterocycles. The standard InChI is InChI=1S/C19H26N2O3S/c1-13(2)15-7-9-16(10-8-15)25(22,23)21-11-5-6-18(21)17-12-19(14(3)4)24-20-17/h7-10,12-14,18H,5-6,11H2,1-4H3/t18-/m0/s1. The van der Waals surface area contributed by atoms with Crippen molar-refractivity contribution in [3.8, 4) is 0 Å². The van der Waals surface area contributed by atoms with Gasteiger partial charge in [-0.3, -0.25) is 0 Å². The maximum absolute atomic E-state index is 13.1. The Labute approximate surface area is 150 Å². The normalized spacial score (nSPS) is 19.2. The van der Waals surface area contributed by atoms with Crippen molar-refractivity contribution in [3.63, 3.8) is 0 Å². The molecule has 1 fully saturated rings. The predicted molar refractivity (Wildman–Crippen MR) is 97.0 cm³/mol. The fourth-order valence-corrected chi connectivity index (χ4v) is 4.89. The van der Waals surface area contributed by atoms with Gasteiger partial charge in [-0.05, 0) is 36.5 Å². The van der Waals surface area contributed by atoms with Crippen LogP contribution in [-0.2, 0) is 10.0 Å². The van der Waals surface area contributed by atoms with Gasteiger partial charge < -0.3 is 4.52 Å². The molecule has 1 aliphatic heterocycles. The molecule has 0 bridgehead atoms. The van der Waals surface area contributed by atoms with Gasteiger partial charge in [-0.25, -0.2) is 8.42 Å². The summed E-state index contributed by atoms with van der Waals surface area (Å²) in [6.07, 6.45) is 1.60. The van der Waals surface area contributed by atoms with Crippen LogP contribution in [0.25, 0.3) is 0 Å². The second kappa shape index (κ2) is 6.92. The molecule has 0 radical (unpaired) electrons. The molecule has 3 rings (SSSR count). The summed E-state index contributed by atoms with van der Waals surface area (Å²) in [7, 11) is -3.54. The average Bonchev–Trinajstić information content (AvgIpc) is 3.24. The number of nitrogens with zero attached hydrogens (tertiary/aromatic N) is 2. The molecule has 6 heteroatoms. The minimum absolute atomic E-state index is 0.233. The van der Waals surface area contributed by atoms with Gasteiger partial charge in [-0.1, -0.05) is 45.0 Å². The minimum atomic E-state index is -3.54. The van der Waals surface area contributed by atoms with Crippen LogP contribution in [-0.4, -0.2) is 24.4 Å². The van der Waals surface area contributed by atoms with Crippen LogP contribution < -0.4 is 0 Å². The first-order chi connectivity index (χ1) is 11.8. The fourth-order valence-electron chi connectivity index (χ4n) is 3.22. The molecular weight excluding hydrogens is 336 g/mol. The molecule has 0 N–H and O–H groups in total. The highest BCUT2D eigenvalue weighted by atomic mass is 32.2. The van der Waals surface area contributed by atoms with Crippen LogP contribution in [0, 0.1) is 0 Å². The lowest BCUT2D eigenvalue weighted by atomic mass is 10.0. The first-order valence-electron chi connectivity index (χ1n) is 8.89. The Morgan fingerprint density at radius 1 is 1.12 bits per heavy atom. The Morgan fingerprint density at radius 2 is 1.80 bits per heavy atom. The molecule has 1 aromatic carbocycles. The third-order valence-corrected chi connectivity index (χ3v) is 6.74.